The zero-order valence-corrected chi connectivity index (χ0v) is 16.4. The normalized spacial score (nSPS) is 13.0. The van der Waals surface area contributed by atoms with E-state index in [1.807, 2.05) is 54.6 Å². The summed E-state index contributed by atoms with van der Waals surface area (Å²) in [6.45, 7) is 1.79. The Morgan fingerprint density at radius 1 is 0.964 bits per heavy atom. The highest BCUT2D eigenvalue weighted by Gasteiger charge is 2.23. The Bertz CT molecular complexity index is 910. The zero-order chi connectivity index (χ0) is 20.0. The van der Waals surface area contributed by atoms with Crippen LogP contribution >= 0.6 is 11.8 Å². The van der Waals surface area contributed by atoms with Crippen LogP contribution in [0.3, 0.4) is 0 Å². The lowest BCUT2D eigenvalue weighted by atomic mass is 9.93. The van der Waals surface area contributed by atoms with Crippen LogP contribution in [-0.4, -0.2) is 23.3 Å². The van der Waals surface area contributed by atoms with Gasteiger partial charge in [0.2, 0.25) is 5.91 Å². The summed E-state index contributed by atoms with van der Waals surface area (Å²) in [7, 11) is 0. The maximum absolute atomic E-state index is 12.9. The van der Waals surface area contributed by atoms with E-state index in [1.54, 1.807) is 19.1 Å². The number of hydrogen-bond acceptors (Lipinski definition) is 3. The van der Waals surface area contributed by atoms with Gasteiger partial charge in [-0.3, -0.25) is 4.79 Å². The second kappa shape index (κ2) is 9.04. The van der Waals surface area contributed by atoms with Crippen molar-refractivity contribution in [3.8, 4) is 11.1 Å². The molecule has 5 heteroatoms. The number of carbonyl (C=O) groups excluding carboxylic acids is 1. The molecule has 3 rings (SSSR count). The van der Waals surface area contributed by atoms with Crippen molar-refractivity contribution in [3.05, 3.63) is 90.2 Å². The molecule has 0 saturated heterocycles. The lowest BCUT2D eigenvalue weighted by Crippen LogP contribution is -2.39. The van der Waals surface area contributed by atoms with Crippen LogP contribution in [0, 0.1) is 5.82 Å². The van der Waals surface area contributed by atoms with Crippen molar-refractivity contribution in [3.63, 3.8) is 0 Å². The van der Waals surface area contributed by atoms with E-state index in [-0.39, 0.29) is 24.0 Å². The van der Waals surface area contributed by atoms with E-state index < -0.39 is 5.60 Å². The van der Waals surface area contributed by atoms with Gasteiger partial charge < -0.3 is 10.4 Å². The lowest BCUT2D eigenvalue weighted by Gasteiger charge is -2.24. The van der Waals surface area contributed by atoms with Gasteiger partial charge in [0.05, 0.1) is 12.3 Å². The van der Waals surface area contributed by atoms with Crippen LogP contribution in [0.1, 0.15) is 12.5 Å². The number of thioether (sulfide) groups is 1. The third-order valence-corrected chi connectivity index (χ3v) is 5.44. The van der Waals surface area contributed by atoms with E-state index in [0.29, 0.717) is 0 Å². The van der Waals surface area contributed by atoms with E-state index in [1.165, 1.54) is 23.9 Å². The minimum absolute atomic E-state index is 0.112. The standard InChI is InChI=1S/C23H22FNO2S/c1-23(27,16-25-22(26)15-28-21-13-11-20(24)12-14-21)19-9-7-18(8-10-19)17-5-3-2-4-6-17/h2-14,27H,15-16H2,1H3,(H,25,26)/t23-/m0/s1. The molecule has 3 aromatic carbocycles. The van der Waals surface area contributed by atoms with Gasteiger partial charge in [-0.05, 0) is 47.9 Å². The van der Waals surface area contributed by atoms with Crippen LogP contribution in [0.2, 0.25) is 0 Å². The molecule has 0 radical (unpaired) electrons. The highest BCUT2D eigenvalue weighted by atomic mass is 32.2. The Kier molecular flexibility index (Phi) is 6.49. The summed E-state index contributed by atoms with van der Waals surface area (Å²) in [6.07, 6.45) is 0. The van der Waals surface area contributed by atoms with Crippen molar-refractivity contribution in [2.75, 3.05) is 12.3 Å². The molecule has 0 unspecified atom stereocenters. The number of halogens is 1. The first-order valence-corrected chi connectivity index (χ1v) is 9.96. The Labute approximate surface area is 168 Å². The van der Waals surface area contributed by atoms with Gasteiger partial charge in [0.25, 0.3) is 0 Å². The average Bonchev–Trinajstić information content (AvgIpc) is 2.73. The summed E-state index contributed by atoms with van der Waals surface area (Å²) in [5.41, 5.74) is 1.74. The number of carbonyl (C=O) groups is 1. The Morgan fingerprint density at radius 2 is 1.57 bits per heavy atom. The molecule has 1 atom stereocenters. The van der Waals surface area contributed by atoms with Crippen molar-refractivity contribution < 1.29 is 14.3 Å². The number of hydrogen-bond donors (Lipinski definition) is 2. The molecule has 144 valence electrons. The minimum atomic E-state index is -1.18. The molecule has 0 heterocycles. The topological polar surface area (TPSA) is 49.3 Å². The second-order valence-corrected chi connectivity index (χ2v) is 7.79. The summed E-state index contributed by atoms with van der Waals surface area (Å²) >= 11 is 1.32. The molecule has 0 saturated carbocycles. The van der Waals surface area contributed by atoms with E-state index in [0.717, 1.165) is 21.6 Å². The average molecular weight is 395 g/mol. The fraction of sp³-hybridized carbons (Fsp3) is 0.174. The zero-order valence-electron chi connectivity index (χ0n) is 15.6. The number of aliphatic hydroxyl groups is 1. The minimum Gasteiger partial charge on any atom is -0.384 e. The molecule has 0 aliphatic heterocycles. The maximum atomic E-state index is 12.9. The quantitative estimate of drug-likeness (QED) is 0.575. The number of rotatable bonds is 7. The molecule has 0 aliphatic rings. The smallest absolute Gasteiger partial charge is 0.230 e. The summed E-state index contributed by atoms with van der Waals surface area (Å²) in [6, 6.07) is 23.7. The van der Waals surface area contributed by atoms with E-state index in [9.17, 15) is 14.3 Å². The van der Waals surface area contributed by atoms with E-state index in [2.05, 4.69) is 5.32 Å². The van der Waals surface area contributed by atoms with Gasteiger partial charge in [-0.2, -0.15) is 0 Å². The highest BCUT2D eigenvalue weighted by Crippen LogP contribution is 2.25. The fourth-order valence-electron chi connectivity index (χ4n) is 2.76. The molecule has 3 aromatic rings. The van der Waals surface area contributed by atoms with Crippen LogP contribution in [0.5, 0.6) is 0 Å². The van der Waals surface area contributed by atoms with Crippen LogP contribution in [0.25, 0.3) is 11.1 Å². The summed E-state index contributed by atoms with van der Waals surface area (Å²) < 4.78 is 12.9. The van der Waals surface area contributed by atoms with Gasteiger partial charge in [-0.1, -0.05) is 54.6 Å². The van der Waals surface area contributed by atoms with Crippen molar-refractivity contribution in [1.29, 1.82) is 0 Å². The molecular weight excluding hydrogens is 373 g/mol. The van der Waals surface area contributed by atoms with Crippen LogP contribution < -0.4 is 5.32 Å². The molecule has 3 nitrogen and oxygen atoms in total. The van der Waals surface area contributed by atoms with Crippen LogP contribution in [0.15, 0.2) is 83.8 Å². The van der Waals surface area contributed by atoms with Crippen molar-refractivity contribution in [1.82, 2.24) is 5.32 Å². The van der Waals surface area contributed by atoms with Gasteiger partial charge in [0, 0.05) is 4.90 Å². The number of amides is 1. The Hall–Kier alpha value is -2.63. The molecule has 0 bridgehead atoms. The first-order chi connectivity index (χ1) is 13.4. The third kappa shape index (κ3) is 5.44. The molecule has 0 aliphatic carbocycles. The molecule has 0 fully saturated rings. The Morgan fingerprint density at radius 3 is 2.21 bits per heavy atom. The predicted octanol–water partition coefficient (Wildman–Crippen LogP) is 4.61. The fourth-order valence-corrected chi connectivity index (χ4v) is 3.48. The van der Waals surface area contributed by atoms with Gasteiger partial charge in [0.1, 0.15) is 11.4 Å². The van der Waals surface area contributed by atoms with Crippen molar-refractivity contribution >= 4 is 17.7 Å². The van der Waals surface area contributed by atoms with Gasteiger partial charge >= 0.3 is 0 Å². The van der Waals surface area contributed by atoms with Gasteiger partial charge in [-0.25, -0.2) is 4.39 Å². The maximum Gasteiger partial charge on any atom is 0.230 e. The number of nitrogens with one attached hydrogen (secondary N) is 1. The lowest BCUT2D eigenvalue weighted by molar-refractivity contribution is -0.119. The van der Waals surface area contributed by atoms with Crippen LogP contribution in [-0.2, 0) is 10.4 Å². The first kappa shape index (κ1) is 20.1. The van der Waals surface area contributed by atoms with Crippen LogP contribution in [0.4, 0.5) is 4.39 Å². The van der Waals surface area contributed by atoms with Crippen molar-refractivity contribution in [2.24, 2.45) is 0 Å². The second-order valence-electron chi connectivity index (χ2n) is 6.74. The van der Waals surface area contributed by atoms with E-state index >= 15 is 0 Å². The molecule has 1 amide bonds. The monoisotopic (exact) mass is 395 g/mol. The van der Waals surface area contributed by atoms with Gasteiger partial charge in [-0.15, -0.1) is 11.8 Å². The largest absolute Gasteiger partial charge is 0.384 e. The van der Waals surface area contributed by atoms with Gasteiger partial charge in [0.15, 0.2) is 0 Å². The Balaban J connectivity index is 1.54. The molecule has 0 spiro atoms. The third-order valence-electron chi connectivity index (χ3n) is 4.43. The summed E-state index contributed by atoms with van der Waals surface area (Å²) in [4.78, 5) is 12.9. The molecule has 28 heavy (non-hydrogen) atoms. The highest BCUT2D eigenvalue weighted by molar-refractivity contribution is 8.00. The molecular formula is C23H22FNO2S. The molecule has 0 aromatic heterocycles. The first-order valence-electron chi connectivity index (χ1n) is 8.97. The SMILES string of the molecule is C[C@](O)(CNC(=O)CSc1ccc(F)cc1)c1ccc(-c2ccccc2)cc1. The van der Waals surface area contributed by atoms with E-state index in [4.69, 9.17) is 0 Å². The number of benzene rings is 3. The van der Waals surface area contributed by atoms with Crippen molar-refractivity contribution in [2.45, 2.75) is 17.4 Å². The summed E-state index contributed by atoms with van der Waals surface area (Å²) in [5.74, 6) is -0.284. The summed E-state index contributed by atoms with van der Waals surface area (Å²) in [5, 5.41) is 13.5. The molecule has 2 N–H and O–H groups in total. The predicted molar refractivity (Wildman–Crippen MR) is 112 cm³/mol.